The Bertz CT molecular complexity index is 579. The van der Waals surface area contributed by atoms with Crippen molar-refractivity contribution >= 4 is 30.1 Å². The Balaban J connectivity index is 0.00000225. The SMILES string of the molecule is CSCC(=O)N[C@H]1CN(Cc2cn(CCO)nc2C)C[C@@H]1C1CC1.Cl. The van der Waals surface area contributed by atoms with Gasteiger partial charge in [0.2, 0.25) is 5.91 Å². The Hall–Kier alpha value is -0.760. The topological polar surface area (TPSA) is 70.4 Å². The molecule has 1 aromatic rings. The number of rotatable bonds is 8. The molecule has 0 bridgehead atoms. The van der Waals surface area contributed by atoms with Crippen LogP contribution in [0.4, 0.5) is 0 Å². The third-order valence-electron chi connectivity index (χ3n) is 5.06. The summed E-state index contributed by atoms with van der Waals surface area (Å²) in [6, 6.07) is 0.282. The lowest BCUT2D eigenvalue weighted by Crippen LogP contribution is -2.42. The number of carbonyl (C=O) groups is 1. The van der Waals surface area contributed by atoms with Gasteiger partial charge >= 0.3 is 0 Å². The number of carbonyl (C=O) groups excluding carboxylic acids is 1. The second-order valence-corrected chi connectivity index (χ2v) is 7.89. The summed E-state index contributed by atoms with van der Waals surface area (Å²) in [7, 11) is 0. The van der Waals surface area contributed by atoms with Crippen molar-refractivity contribution in [2.75, 3.05) is 31.7 Å². The summed E-state index contributed by atoms with van der Waals surface area (Å²) in [5.74, 6) is 2.07. The number of hydrogen-bond donors (Lipinski definition) is 2. The molecule has 1 aromatic heterocycles. The standard InChI is InChI=1S/C17H28N4O2S.ClH/c1-12-14(8-21(19-12)5-6-22)7-20-9-15(13-3-4-13)16(10-20)18-17(23)11-24-2;/h8,13,15-16,22H,3-7,9-11H2,1-2H3,(H,18,23);1H/t15-,16+;/m1./s1. The normalized spacial score (nSPS) is 23.5. The largest absolute Gasteiger partial charge is 0.394 e. The molecule has 25 heavy (non-hydrogen) atoms. The number of thioether (sulfide) groups is 1. The number of amides is 1. The van der Waals surface area contributed by atoms with Gasteiger partial charge in [-0.15, -0.1) is 12.4 Å². The number of hydrogen-bond acceptors (Lipinski definition) is 5. The third kappa shape index (κ3) is 5.36. The molecule has 142 valence electrons. The van der Waals surface area contributed by atoms with Crippen LogP contribution in [-0.4, -0.2) is 63.4 Å². The van der Waals surface area contributed by atoms with Crippen LogP contribution in [0.15, 0.2) is 6.20 Å². The van der Waals surface area contributed by atoms with Crippen molar-refractivity contribution in [1.29, 1.82) is 0 Å². The van der Waals surface area contributed by atoms with Crippen LogP contribution in [0, 0.1) is 18.8 Å². The van der Waals surface area contributed by atoms with Crippen LogP contribution in [-0.2, 0) is 17.9 Å². The van der Waals surface area contributed by atoms with Gasteiger partial charge in [0.25, 0.3) is 0 Å². The monoisotopic (exact) mass is 388 g/mol. The van der Waals surface area contributed by atoms with E-state index in [1.165, 1.54) is 18.4 Å². The molecule has 2 fully saturated rings. The number of halogens is 1. The van der Waals surface area contributed by atoms with Crippen LogP contribution in [0.2, 0.25) is 0 Å². The van der Waals surface area contributed by atoms with Gasteiger partial charge in [-0.05, 0) is 37.9 Å². The Morgan fingerprint density at radius 2 is 2.20 bits per heavy atom. The van der Waals surface area contributed by atoms with E-state index in [1.54, 1.807) is 11.8 Å². The lowest BCUT2D eigenvalue weighted by Gasteiger charge is -2.19. The van der Waals surface area contributed by atoms with Gasteiger partial charge < -0.3 is 10.4 Å². The highest BCUT2D eigenvalue weighted by Crippen LogP contribution is 2.41. The third-order valence-corrected chi connectivity index (χ3v) is 5.61. The highest BCUT2D eigenvalue weighted by molar-refractivity contribution is 7.99. The van der Waals surface area contributed by atoms with Crippen LogP contribution in [0.1, 0.15) is 24.1 Å². The maximum atomic E-state index is 12.0. The molecule has 8 heteroatoms. The van der Waals surface area contributed by atoms with Crippen molar-refractivity contribution in [3.63, 3.8) is 0 Å². The molecule has 0 spiro atoms. The molecule has 0 unspecified atom stereocenters. The molecule has 1 aliphatic carbocycles. The lowest BCUT2D eigenvalue weighted by molar-refractivity contribution is -0.119. The fraction of sp³-hybridized carbons (Fsp3) is 0.765. The molecule has 1 amide bonds. The fourth-order valence-electron chi connectivity index (χ4n) is 3.75. The molecule has 6 nitrogen and oxygen atoms in total. The summed E-state index contributed by atoms with van der Waals surface area (Å²) < 4.78 is 1.82. The molecule has 2 N–H and O–H groups in total. The highest BCUT2D eigenvalue weighted by atomic mass is 35.5. The number of aromatic nitrogens is 2. The minimum Gasteiger partial charge on any atom is -0.394 e. The van der Waals surface area contributed by atoms with Gasteiger partial charge in [-0.1, -0.05) is 0 Å². The summed E-state index contributed by atoms with van der Waals surface area (Å²) in [5, 5.41) is 16.8. The summed E-state index contributed by atoms with van der Waals surface area (Å²) in [6.45, 7) is 5.52. The van der Waals surface area contributed by atoms with Crippen LogP contribution < -0.4 is 5.32 Å². The van der Waals surface area contributed by atoms with Gasteiger partial charge in [0.15, 0.2) is 0 Å². The van der Waals surface area contributed by atoms with Gasteiger partial charge in [-0.3, -0.25) is 14.4 Å². The predicted octanol–water partition coefficient (Wildman–Crippen LogP) is 1.30. The predicted molar refractivity (Wildman–Crippen MR) is 103 cm³/mol. The van der Waals surface area contributed by atoms with Crippen molar-refractivity contribution in [3.05, 3.63) is 17.5 Å². The first-order chi connectivity index (χ1) is 11.6. The molecule has 3 rings (SSSR count). The molecular formula is C17H29ClN4O2S. The molecule has 0 aromatic carbocycles. The van der Waals surface area contributed by atoms with Gasteiger partial charge in [-0.2, -0.15) is 16.9 Å². The molecule has 0 radical (unpaired) electrons. The van der Waals surface area contributed by atoms with Gasteiger partial charge in [0.05, 0.1) is 24.6 Å². The zero-order chi connectivity index (χ0) is 17.1. The van der Waals surface area contributed by atoms with E-state index in [0.717, 1.165) is 31.2 Å². The zero-order valence-corrected chi connectivity index (χ0v) is 16.6. The average Bonchev–Trinajstić information content (AvgIpc) is 3.21. The van der Waals surface area contributed by atoms with E-state index in [1.807, 2.05) is 24.1 Å². The first-order valence-corrected chi connectivity index (χ1v) is 10.1. The Morgan fingerprint density at radius 1 is 1.44 bits per heavy atom. The van der Waals surface area contributed by atoms with E-state index in [-0.39, 0.29) is 31.0 Å². The van der Waals surface area contributed by atoms with Crippen molar-refractivity contribution in [1.82, 2.24) is 20.0 Å². The molecule has 2 atom stereocenters. The van der Waals surface area contributed by atoms with Crippen LogP contribution in [0.3, 0.4) is 0 Å². The maximum absolute atomic E-state index is 12.0. The molecule has 1 aliphatic heterocycles. The minimum atomic E-state index is 0. The quantitative estimate of drug-likeness (QED) is 0.702. The second-order valence-electron chi connectivity index (χ2n) is 7.03. The first-order valence-electron chi connectivity index (χ1n) is 8.75. The molecule has 2 heterocycles. The smallest absolute Gasteiger partial charge is 0.230 e. The number of aliphatic hydroxyl groups is 1. The molecular weight excluding hydrogens is 360 g/mol. The summed E-state index contributed by atoms with van der Waals surface area (Å²) in [5.41, 5.74) is 2.25. The van der Waals surface area contributed by atoms with E-state index < -0.39 is 0 Å². The Morgan fingerprint density at radius 3 is 2.84 bits per heavy atom. The van der Waals surface area contributed by atoms with Crippen LogP contribution >= 0.6 is 24.2 Å². The number of nitrogens with zero attached hydrogens (tertiary/aromatic N) is 3. The molecule has 1 saturated carbocycles. The summed E-state index contributed by atoms with van der Waals surface area (Å²) >= 11 is 1.57. The van der Waals surface area contributed by atoms with Crippen molar-refractivity contribution in [2.45, 2.75) is 38.9 Å². The van der Waals surface area contributed by atoms with Crippen molar-refractivity contribution < 1.29 is 9.90 Å². The number of aliphatic hydroxyl groups excluding tert-OH is 1. The van der Waals surface area contributed by atoms with Crippen LogP contribution in [0.25, 0.3) is 0 Å². The Kier molecular flexibility index (Phi) is 7.61. The van der Waals surface area contributed by atoms with E-state index in [0.29, 0.717) is 18.2 Å². The fourth-order valence-corrected chi connectivity index (χ4v) is 4.09. The summed E-state index contributed by atoms with van der Waals surface area (Å²) in [6.07, 6.45) is 6.62. The van der Waals surface area contributed by atoms with Gasteiger partial charge in [0, 0.05) is 37.4 Å². The van der Waals surface area contributed by atoms with Crippen LogP contribution in [0.5, 0.6) is 0 Å². The van der Waals surface area contributed by atoms with Gasteiger partial charge in [0.1, 0.15) is 0 Å². The minimum absolute atomic E-state index is 0. The van der Waals surface area contributed by atoms with E-state index in [4.69, 9.17) is 5.11 Å². The first kappa shape index (κ1) is 20.6. The molecule has 1 saturated heterocycles. The van der Waals surface area contributed by atoms with E-state index in [9.17, 15) is 4.79 Å². The number of aryl methyl sites for hydroxylation is 1. The number of nitrogens with one attached hydrogen (secondary N) is 1. The lowest BCUT2D eigenvalue weighted by atomic mass is 9.98. The Labute approximate surface area is 160 Å². The maximum Gasteiger partial charge on any atom is 0.230 e. The highest BCUT2D eigenvalue weighted by Gasteiger charge is 2.42. The molecule has 2 aliphatic rings. The van der Waals surface area contributed by atoms with E-state index in [2.05, 4.69) is 15.3 Å². The summed E-state index contributed by atoms with van der Waals surface area (Å²) in [4.78, 5) is 14.4. The average molecular weight is 389 g/mol. The van der Waals surface area contributed by atoms with Gasteiger partial charge in [-0.25, -0.2) is 0 Å². The van der Waals surface area contributed by atoms with Crippen molar-refractivity contribution in [3.8, 4) is 0 Å². The second kappa shape index (κ2) is 9.26. The van der Waals surface area contributed by atoms with Crippen molar-refractivity contribution in [2.24, 2.45) is 11.8 Å². The van der Waals surface area contributed by atoms with E-state index >= 15 is 0 Å². The zero-order valence-electron chi connectivity index (χ0n) is 15.0. The number of likely N-dealkylation sites (tertiary alicyclic amines) is 1.